The molecule has 6 rings (SSSR count). The fourth-order valence-corrected chi connectivity index (χ4v) is 8.64. The molecule has 1 aromatic heterocycles. The lowest BCUT2D eigenvalue weighted by molar-refractivity contribution is 0.0143. The summed E-state index contributed by atoms with van der Waals surface area (Å²) in [6, 6.07) is 17.5. The Morgan fingerprint density at radius 3 is 2.33 bits per heavy atom. The van der Waals surface area contributed by atoms with Crippen LogP contribution in [0.2, 0.25) is 0 Å². The lowest BCUT2D eigenvalue weighted by atomic mass is 9.70. The van der Waals surface area contributed by atoms with E-state index in [1.54, 1.807) is 6.07 Å². The second-order valence-corrected chi connectivity index (χ2v) is 16.1. The number of amides is 1. The first kappa shape index (κ1) is 30.1. The van der Waals surface area contributed by atoms with Gasteiger partial charge in [0, 0.05) is 37.5 Å². The number of hydrogen-bond donors (Lipinski definition) is 0. The zero-order chi connectivity index (χ0) is 30.6. The lowest BCUT2D eigenvalue weighted by Gasteiger charge is -2.45. The number of hydrogen-bond acceptors (Lipinski definition) is 6. The van der Waals surface area contributed by atoms with Gasteiger partial charge in [0.25, 0.3) is 0 Å². The van der Waals surface area contributed by atoms with Gasteiger partial charge in [0.15, 0.2) is 9.84 Å². The number of ether oxygens (including phenoxy) is 1. The molecule has 0 saturated carbocycles. The summed E-state index contributed by atoms with van der Waals surface area (Å²) in [6.07, 6.45) is 8.20. The third kappa shape index (κ3) is 6.07. The van der Waals surface area contributed by atoms with E-state index in [1.807, 2.05) is 37.8 Å². The van der Waals surface area contributed by atoms with Crippen molar-refractivity contribution >= 4 is 27.0 Å². The highest BCUT2D eigenvalue weighted by atomic mass is 32.2. The largest absolute Gasteiger partial charge is 0.444 e. The quantitative estimate of drug-likeness (QED) is 0.329. The Morgan fingerprint density at radius 2 is 1.67 bits per heavy atom. The molecule has 2 aromatic carbocycles. The maximum absolute atomic E-state index is 12.9. The summed E-state index contributed by atoms with van der Waals surface area (Å²) in [4.78, 5) is 22.7. The molecule has 0 N–H and O–H groups in total. The maximum atomic E-state index is 12.9. The molecule has 1 amide bonds. The van der Waals surface area contributed by atoms with Crippen LogP contribution < -0.4 is 0 Å². The molecule has 43 heavy (non-hydrogen) atoms. The third-order valence-corrected chi connectivity index (χ3v) is 11.2. The van der Waals surface area contributed by atoms with Gasteiger partial charge in [-0.15, -0.1) is 0 Å². The number of sulfone groups is 1. The van der Waals surface area contributed by atoms with Gasteiger partial charge in [-0.3, -0.25) is 4.90 Å². The van der Waals surface area contributed by atoms with E-state index in [0.29, 0.717) is 36.1 Å². The molecule has 3 fully saturated rings. The summed E-state index contributed by atoms with van der Waals surface area (Å²) in [5.74, 6) is 1.10. The van der Waals surface area contributed by atoms with Gasteiger partial charge in [0.2, 0.25) is 0 Å². The highest BCUT2D eigenvalue weighted by molar-refractivity contribution is 7.90. The van der Waals surface area contributed by atoms with E-state index in [2.05, 4.69) is 46.7 Å². The zero-order valence-corrected chi connectivity index (χ0v) is 27.1. The van der Waals surface area contributed by atoms with Crippen LogP contribution in [0.1, 0.15) is 83.1 Å². The molecular formula is C34H46N4O4S. The number of rotatable bonds is 6. The van der Waals surface area contributed by atoms with E-state index < -0.39 is 15.4 Å². The number of carbonyl (C=O) groups is 1. The highest BCUT2D eigenvalue weighted by Crippen LogP contribution is 2.45. The molecule has 4 heterocycles. The number of fused-ring (bicyclic) bond motifs is 3. The molecule has 3 aliphatic heterocycles. The summed E-state index contributed by atoms with van der Waals surface area (Å²) in [7, 11) is -3.33. The molecular weight excluding hydrogens is 560 g/mol. The van der Waals surface area contributed by atoms with Crippen molar-refractivity contribution in [3.05, 3.63) is 59.9 Å². The Kier molecular flexibility index (Phi) is 7.86. The van der Waals surface area contributed by atoms with Crippen LogP contribution in [0.15, 0.2) is 53.4 Å². The van der Waals surface area contributed by atoms with Crippen molar-refractivity contribution in [1.29, 1.82) is 0 Å². The number of imidazole rings is 1. The van der Waals surface area contributed by atoms with Crippen molar-refractivity contribution in [1.82, 2.24) is 19.4 Å². The summed E-state index contributed by atoms with van der Waals surface area (Å²) in [5.41, 5.74) is 2.64. The van der Waals surface area contributed by atoms with Crippen molar-refractivity contribution in [3.63, 3.8) is 0 Å². The highest BCUT2D eigenvalue weighted by Gasteiger charge is 2.44. The van der Waals surface area contributed by atoms with E-state index >= 15 is 0 Å². The normalized spacial score (nSPS) is 24.4. The molecule has 9 heteroatoms. The van der Waals surface area contributed by atoms with Gasteiger partial charge in [-0.2, -0.15) is 0 Å². The molecule has 0 unspecified atom stereocenters. The summed E-state index contributed by atoms with van der Waals surface area (Å²) in [6.45, 7) is 9.98. The van der Waals surface area contributed by atoms with Gasteiger partial charge in [-0.05, 0) is 114 Å². The van der Waals surface area contributed by atoms with E-state index in [-0.39, 0.29) is 11.5 Å². The first-order valence-electron chi connectivity index (χ1n) is 15.8. The van der Waals surface area contributed by atoms with Gasteiger partial charge in [-0.1, -0.05) is 24.3 Å². The smallest absolute Gasteiger partial charge is 0.410 e. The van der Waals surface area contributed by atoms with Crippen LogP contribution in [-0.4, -0.2) is 77.4 Å². The van der Waals surface area contributed by atoms with Crippen LogP contribution in [0.5, 0.6) is 0 Å². The minimum Gasteiger partial charge on any atom is -0.444 e. The molecule has 3 aromatic rings. The van der Waals surface area contributed by atoms with Crippen LogP contribution in [0.4, 0.5) is 4.79 Å². The Morgan fingerprint density at radius 1 is 1.00 bits per heavy atom. The molecule has 3 saturated heterocycles. The fourth-order valence-electron chi connectivity index (χ4n) is 7.97. The Bertz CT molecular complexity index is 1590. The Balaban J connectivity index is 1.21. The van der Waals surface area contributed by atoms with Gasteiger partial charge in [0.05, 0.1) is 15.9 Å². The number of likely N-dealkylation sites (tertiary alicyclic amines) is 1. The Labute approximate surface area is 256 Å². The van der Waals surface area contributed by atoms with E-state index in [9.17, 15) is 13.2 Å². The van der Waals surface area contributed by atoms with E-state index in [1.165, 1.54) is 24.6 Å². The summed E-state index contributed by atoms with van der Waals surface area (Å²) >= 11 is 0. The summed E-state index contributed by atoms with van der Waals surface area (Å²) < 4.78 is 33.1. The Hall–Kier alpha value is -2.91. The predicted octanol–water partition coefficient (Wildman–Crippen LogP) is 6.28. The number of carbonyl (C=O) groups excluding carboxylic acids is 1. The van der Waals surface area contributed by atoms with Crippen molar-refractivity contribution in [2.75, 3.05) is 25.9 Å². The molecule has 232 valence electrons. The number of para-hydroxylation sites is 2. The van der Waals surface area contributed by atoms with Crippen LogP contribution in [-0.2, 0) is 20.0 Å². The predicted molar refractivity (Wildman–Crippen MR) is 169 cm³/mol. The van der Waals surface area contributed by atoms with Crippen molar-refractivity contribution in [2.24, 2.45) is 0 Å². The van der Waals surface area contributed by atoms with Crippen molar-refractivity contribution in [3.8, 4) is 0 Å². The fraction of sp³-hybridized carbons (Fsp3) is 0.588. The number of benzene rings is 2. The average Bonchev–Trinajstić information content (AvgIpc) is 3.41. The minimum atomic E-state index is -3.33. The third-order valence-electron chi connectivity index (χ3n) is 10.1. The molecule has 3 atom stereocenters. The molecule has 0 spiro atoms. The second kappa shape index (κ2) is 11.2. The van der Waals surface area contributed by atoms with Crippen LogP contribution >= 0.6 is 0 Å². The van der Waals surface area contributed by atoms with Gasteiger partial charge >= 0.3 is 6.09 Å². The standard InChI is InChI=1S/C34H46N4O4S/c1-24-35-30-11-6-7-12-31(30)38(24)28-22-26-13-14-27(23-28)37(26)20-17-34(25-9-8-10-29(21-25)43(5,40)41)15-18-36(19-16-34)32(39)42-33(2,3)4/h6-12,21,26-28H,13-20,22-23H2,1-5H3/t26-,27+,28+. The molecule has 8 nitrogen and oxygen atoms in total. The molecule has 0 aliphatic carbocycles. The van der Waals surface area contributed by atoms with E-state index in [0.717, 1.165) is 55.6 Å². The zero-order valence-electron chi connectivity index (χ0n) is 26.3. The van der Waals surface area contributed by atoms with Crippen LogP contribution in [0.3, 0.4) is 0 Å². The number of aryl methyl sites for hydroxylation is 1. The number of aromatic nitrogens is 2. The average molecular weight is 607 g/mol. The van der Waals surface area contributed by atoms with E-state index in [4.69, 9.17) is 9.72 Å². The first-order chi connectivity index (χ1) is 20.3. The summed E-state index contributed by atoms with van der Waals surface area (Å²) in [5, 5.41) is 0. The molecule has 0 radical (unpaired) electrons. The monoisotopic (exact) mass is 606 g/mol. The molecule has 2 bridgehead atoms. The van der Waals surface area contributed by atoms with Crippen LogP contribution in [0.25, 0.3) is 11.0 Å². The topological polar surface area (TPSA) is 84.7 Å². The molecule has 3 aliphatic rings. The van der Waals surface area contributed by atoms with Gasteiger partial charge in [0.1, 0.15) is 11.4 Å². The second-order valence-electron chi connectivity index (χ2n) is 14.1. The maximum Gasteiger partial charge on any atom is 0.410 e. The minimum absolute atomic E-state index is 0.202. The van der Waals surface area contributed by atoms with Crippen molar-refractivity contribution < 1.29 is 17.9 Å². The number of piperidine rings is 2. The first-order valence-corrected chi connectivity index (χ1v) is 17.7. The lowest BCUT2D eigenvalue weighted by Crippen LogP contribution is -2.49. The van der Waals surface area contributed by atoms with Gasteiger partial charge in [-0.25, -0.2) is 18.2 Å². The number of nitrogens with zero attached hydrogens (tertiary/aromatic N) is 4. The van der Waals surface area contributed by atoms with Crippen LogP contribution in [0, 0.1) is 6.92 Å². The van der Waals surface area contributed by atoms with Crippen molar-refractivity contribution in [2.45, 2.75) is 107 Å². The SMILES string of the molecule is Cc1nc2ccccc2n1[C@H]1C[C@H]2CC[C@@H](C1)N2CCC1(c2cccc(S(C)(=O)=O)c2)CCN(C(=O)OC(C)(C)C)CC1. The van der Waals surface area contributed by atoms with Gasteiger partial charge < -0.3 is 14.2 Å².